The molecule has 0 aliphatic rings. The highest BCUT2D eigenvalue weighted by Crippen LogP contribution is 2.26. The lowest BCUT2D eigenvalue weighted by Gasteiger charge is -2.04. The molecule has 2 aromatic carbocycles. The van der Waals surface area contributed by atoms with Gasteiger partial charge in [0, 0.05) is 5.56 Å². The van der Waals surface area contributed by atoms with Gasteiger partial charge in [0.1, 0.15) is 6.29 Å². The second-order valence-electron chi connectivity index (χ2n) is 4.78. The zero-order chi connectivity index (χ0) is 17.9. The van der Waals surface area contributed by atoms with Crippen molar-refractivity contribution in [3.63, 3.8) is 0 Å². The van der Waals surface area contributed by atoms with Crippen LogP contribution in [0.15, 0.2) is 49.1 Å². The number of ether oxygens (including phenoxy) is 2. The predicted octanol–water partition coefficient (Wildman–Crippen LogP) is 3.73. The van der Waals surface area contributed by atoms with Crippen molar-refractivity contribution in [2.75, 3.05) is 13.7 Å². The van der Waals surface area contributed by atoms with E-state index in [1.807, 2.05) is 19.1 Å². The topological polar surface area (TPSA) is 76.0 Å². The molecule has 5 nitrogen and oxygen atoms in total. The average molecular weight is 330 g/mol. The van der Waals surface area contributed by atoms with Gasteiger partial charge in [-0.25, -0.2) is 0 Å². The number of carbonyl (C=O) groups is 1. The fourth-order valence-electron chi connectivity index (χ4n) is 1.89. The number of aldehydes is 1. The number of hydrogen-bond acceptors (Lipinski definition) is 5. The Morgan fingerprint density at radius 1 is 1.08 bits per heavy atom. The van der Waals surface area contributed by atoms with Gasteiger partial charge in [0.2, 0.25) is 0 Å². The van der Waals surface area contributed by atoms with E-state index in [-0.39, 0.29) is 11.5 Å². The van der Waals surface area contributed by atoms with Crippen molar-refractivity contribution < 1.29 is 24.5 Å². The van der Waals surface area contributed by atoms with E-state index in [1.165, 1.54) is 25.3 Å². The van der Waals surface area contributed by atoms with E-state index in [2.05, 4.69) is 6.58 Å². The molecular formula is C19H22O5. The molecule has 0 amide bonds. The van der Waals surface area contributed by atoms with Crippen LogP contribution in [0.4, 0.5) is 0 Å². The summed E-state index contributed by atoms with van der Waals surface area (Å²) in [7, 11) is 1.53. The van der Waals surface area contributed by atoms with Crippen LogP contribution in [-0.2, 0) is 6.42 Å². The van der Waals surface area contributed by atoms with E-state index in [0.29, 0.717) is 30.0 Å². The van der Waals surface area contributed by atoms with Crippen LogP contribution >= 0.6 is 0 Å². The van der Waals surface area contributed by atoms with E-state index in [0.717, 1.165) is 12.0 Å². The Labute approximate surface area is 141 Å². The Hall–Kier alpha value is -2.95. The molecule has 5 heteroatoms. The van der Waals surface area contributed by atoms with Crippen LogP contribution in [0.5, 0.6) is 23.0 Å². The standard InChI is InChI=1S/C10H12O2.C9H10O3/c1-3-4-8-5-6-9(11)10(7-8)12-2;1-2-12-9-5-7(6-10)3-4-8(9)11/h3,5-7,11H,1,4H2,2H3;3-6,11H,2H2,1H3. The molecule has 0 aliphatic heterocycles. The van der Waals surface area contributed by atoms with E-state index < -0.39 is 0 Å². The van der Waals surface area contributed by atoms with E-state index in [4.69, 9.17) is 9.47 Å². The van der Waals surface area contributed by atoms with Gasteiger partial charge in [-0.1, -0.05) is 12.1 Å². The number of phenols is 2. The number of allylic oxidation sites excluding steroid dienone is 1. The maximum Gasteiger partial charge on any atom is 0.161 e. The smallest absolute Gasteiger partial charge is 0.161 e. The highest BCUT2D eigenvalue weighted by atomic mass is 16.5. The van der Waals surface area contributed by atoms with Crippen molar-refractivity contribution in [2.45, 2.75) is 13.3 Å². The van der Waals surface area contributed by atoms with Crippen LogP contribution in [0, 0.1) is 0 Å². The number of aromatic hydroxyl groups is 2. The van der Waals surface area contributed by atoms with Crippen LogP contribution < -0.4 is 9.47 Å². The summed E-state index contributed by atoms with van der Waals surface area (Å²) in [5.74, 6) is 1.09. The first-order valence-corrected chi connectivity index (χ1v) is 7.43. The Morgan fingerprint density at radius 3 is 2.33 bits per heavy atom. The second-order valence-corrected chi connectivity index (χ2v) is 4.78. The fraction of sp³-hybridized carbons (Fsp3) is 0.211. The summed E-state index contributed by atoms with van der Waals surface area (Å²) >= 11 is 0. The van der Waals surface area contributed by atoms with Crippen molar-refractivity contribution in [2.24, 2.45) is 0 Å². The van der Waals surface area contributed by atoms with Gasteiger partial charge in [0.15, 0.2) is 23.0 Å². The first-order valence-electron chi connectivity index (χ1n) is 7.43. The highest BCUT2D eigenvalue weighted by Gasteiger charge is 2.02. The molecule has 0 aliphatic carbocycles. The molecule has 0 unspecified atom stereocenters. The van der Waals surface area contributed by atoms with Crippen molar-refractivity contribution in [1.82, 2.24) is 0 Å². The molecule has 0 aromatic heterocycles. The van der Waals surface area contributed by atoms with Gasteiger partial charge >= 0.3 is 0 Å². The van der Waals surface area contributed by atoms with Gasteiger partial charge in [0.25, 0.3) is 0 Å². The molecule has 2 aromatic rings. The lowest BCUT2D eigenvalue weighted by Crippen LogP contribution is -1.92. The minimum Gasteiger partial charge on any atom is -0.504 e. The number of phenolic OH excluding ortho intramolecular Hbond substituents is 2. The molecular weight excluding hydrogens is 308 g/mol. The molecule has 0 saturated heterocycles. The number of methoxy groups -OCH3 is 1. The van der Waals surface area contributed by atoms with Crippen LogP contribution in [0.3, 0.4) is 0 Å². The molecule has 0 bridgehead atoms. The van der Waals surface area contributed by atoms with E-state index in [9.17, 15) is 15.0 Å². The largest absolute Gasteiger partial charge is 0.504 e. The minimum atomic E-state index is 0.0578. The number of benzene rings is 2. The molecule has 0 fully saturated rings. The van der Waals surface area contributed by atoms with Crippen molar-refractivity contribution in [3.8, 4) is 23.0 Å². The van der Waals surface area contributed by atoms with Gasteiger partial charge in [0.05, 0.1) is 13.7 Å². The van der Waals surface area contributed by atoms with Crippen molar-refractivity contribution in [1.29, 1.82) is 0 Å². The van der Waals surface area contributed by atoms with Crippen molar-refractivity contribution >= 4 is 6.29 Å². The number of rotatable bonds is 6. The highest BCUT2D eigenvalue weighted by molar-refractivity contribution is 5.76. The summed E-state index contributed by atoms with van der Waals surface area (Å²) < 4.78 is 10.0. The lowest BCUT2D eigenvalue weighted by molar-refractivity contribution is 0.112. The number of carbonyl (C=O) groups excluding carboxylic acids is 1. The molecule has 24 heavy (non-hydrogen) atoms. The zero-order valence-corrected chi connectivity index (χ0v) is 13.9. The minimum absolute atomic E-state index is 0.0578. The summed E-state index contributed by atoms with van der Waals surface area (Å²) in [4.78, 5) is 10.3. The molecule has 0 spiro atoms. The average Bonchev–Trinajstić information content (AvgIpc) is 2.59. The Morgan fingerprint density at radius 2 is 1.75 bits per heavy atom. The molecule has 0 atom stereocenters. The first kappa shape index (κ1) is 19.1. The van der Waals surface area contributed by atoms with Crippen LogP contribution in [0.2, 0.25) is 0 Å². The lowest BCUT2D eigenvalue weighted by atomic mass is 10.1. The third-order valence-corrected chi connectivity index (χ3v) is 3.04. The zero-order valence-electron chi connectivity index (χ0n) is 13.9. The van der Waals surface area contributed by atoms with Gasteiger partial charge < -0.3 is 19.7 Å². The van der Waals surface area contributed by atoms with Gasteiger partial charge in [-0.2, -0.15) is 0 Å². The normalized spacial score (nSPS) is 9.42. The molecule has 0 saturated carbocycles. The Kier molecular flexibility index (Phi) is 7.91. The van der Waals surface area contributed by atoms with Gasteiger partial charge in [-0.05, 0) is 49.2 Å². The van der Waals surface area contributed by atoms with Crippen LogP contribution in [-0.4, -0.2) is 30.2 Å². The first-order chi connectivity index (χ1) is 11.5. The third-order valence-electron chi connectivity index (χ3n) is 3.04. The summed E-state index contributed by atoms with van der Waals surface area (Å²) in [6, 6.07) is 9.75. The predicted molar refractivity (Wildman–Crippen MR) is 93.2 cm³/mol. The molecule has 2 rings (SSSR count). The quantitative estimate of drug-likeness (QED) is 0.623. The second kappa shape index (κ2) is 9.94. The van der Waals surface area contributed by atoms with Crippen molar-refractivity contribution in [3.05, 3.63) is 60.2 Å². The summed E-state index contributed by atoms with van der Waals surface area (Å²) in [5.41, 5.74) is 1.58. The maximum atomic E-state index is 10.3. The van der Waals surface area contributed by atoms with Gasteiger partial charge in [-0.15, -0.1) is 6.58 Å². The summed E-state index contributed by atoms with van der Waals surface area (Å²) in [6.45, 7) is 5.91. The summed E-state index contributed by atoms with van der Waals surface area (Å²) in [5, 5.41) is 18.5. The van der Waals surface area contributed by atoms with E-state index in [1.54, 1.807) is 12.1 Å². The van der Waals surface area contributed by atoms with Gasteiger partial charge in [-0.3, -0.25) is 4.79 Å². The Bertz CT molecular complexity index is 679. The molecule has 0 radical (unpaired) electrons. The molecule has 0 heterocycles. The van der Waals surface area contributed by atoms with E-state index >= 15 is 0 Å². The molecule has 128 valence electrons. The monoisotopic (exact) mass is 330 g/mol. The maximum absolute atomic E-state index is 10.3. The molecule has 2 N–H and O–H groups in total. The number of hydrogen-bond donors (Lipinski definition) is 2. The van der Waals surface area contributed by atoms with Crippen LogP contribution in [0.1, 0.15) is 22.8 Å². The third kappa shape index (κ3) is 5.68. The SMILES string of the molecule is C=CCc1ccc(O)c(OC)c1.CCOc1cc(C=O)ccc1O. The summed E-state index contributed by atoms with van der Waals surface area (Å²) in [6.07, 6.45) is 3.31. The Balaban J connectivity index is 0.000000240. The van der Waals surface area contributed by atoms with Crippen LogP contribution in [0.25, 0.3) is 0 Å². The fourth-order valence-corrected chi connectivity index (χ4v) is 1.89.